The molecule has 1 saturated heterocycles. The molecule has 3 N–H and O–H groups in total. The molecule has 0 spiro atoms. The second-order valence-corrected chi connectivity index (χ2v) is 8.24. The average Bonchev–Trinajstić information content (AvgIpc) is 3.11. The lowest BCUT2D eigenvalue weighted by atomic mass is 9.95. The molecule has 1 aromatic heterocycles. The summed E-state index contributed by atoms with van der Waals surface area (Å²) in [5.41, 5.74) is -0.787. The molecule has 9 heteroatoms. The van der Waals surface area contributed by atoms with Gasteiger partial charge in [0, 0.05) is 25.8 Å². The molecule has 1 atom stereocenters. The molecular weight excluding hydrogens is 356 g/mol. The summed E-state index contributed by atoms with van der Waals surface area (Å²) < 4.78 is 27.2. The van der Waals surface area contributed by atoms with Gasteiger partial charge in [0.05, 0.1) is 10.5 Å². The van der Waals surface area contributed by atoms with Gasteiger partial charge in [0.25, 0.3) is 5.91 Å². The van der Waals surface area contributed by atoms with Crippen LogP contribution in [0, 0.1) is 0 Å². The van der Waals surface area contributed by atoms with Gasteiger partial charge in [0.1, 0.15) is 5.69 Å². The molecule has 2 aromatic rings. The van der Waals surface area contributed by atoms with Gasteiger partial charge in [-0.15, -0.1) is 0 Å². The summed E-state index contributed by atoms with van der Waals surface area (Å²) in [6.45, 7) is 0.767. The highest BCUT2D eigenvalue weighted by Gasteiger charge is 2.33. The van der Waals surface area contributed by atoms with Crippen LogP contribution in [0.2, 0.25) is 0 Å². The molecule has 1 fully saturated rings. The summed E-state index contributed by atoms with van der Waals surface area (Å²) in [7, 11) is -3.68. The van der Waals surface area contributed by atoms with Crippen molar-refractivity contribution in [3.63, 3.8) is 0 Å². The number of carbonyl (C=O) groups excluding carboxylic acids is 1. The fraction of sp³-hybridized carbons (Fsp3) is 0.412. The maximum Gasteiger partial charge on any atom is 0.271 e. The van der Waals surface area contributed by atoms with Crippen LogP contribution in [0.1, 0.15) is 29.8 Å². The van der Waals surface area contributed by atoms with Crippen molar-refractivity contribution >= 4 is 15.9 Å². The third kappa shape index (κ3) is 4.29. The summed E-state index contributed by atoms with van der Waals surface area (Å²) in [5, 5.41) is 17.2. The number of nitrogens with zero attached hydrogens (tertiary/aromatic N) is 2. The number of rotatable bonds is 5. The maximum absolute atomic E-state index is 12.4. The van der Waals surface area contributed by atoms with Crippen molar-refractivity contribution in [2.45, 2.75) is 29.8 Å². The highest BCUT2D eigenvalue weighted by Crippen LogP contribution is 2.23. The van der Waals surface area contributed by atoms with E-state index in [-0.39, 0.29) is 17.3 Å². The third-order valence-electron chi connectivity index (χ3n) is 4.58. The Morgan fingerprint density at radius 2 is 2.00 bits per heavy atom. The highest BCUT2D eigenvalue weighted by atomic mass is 32.2. The number of H-pyrrole nitrogens is 1. The van der Waals surface area contributed by atoms with Gasteiger partial charge in [0.2, 0.25) is 10.0 Å². The van der Waals surface area contributed by atoms with Crippen molar-refractivity contribution < 1.29 is 18.3 Å². The van der Waals surface area contributed by atoms with Gasteiger partial charge in [-0.05, 0) is 37.5 Å². The number of amides is 1. The number of aromatic nitrogens is 2. The first-order valence-electron chi connectivity index (χ1n) is 8.45. The average molecular weight is 378 g/mol. The third-order valence-corrected chi connectivity index (χ3v) is 6.00. The van der Waals surface area contributed by atoms with Crippen LogP contribution in [0.3, 0.4) is 0 Å². The van der Waals surface area contributed by atoms with E-state index in [0.717, 1.165) is 0 Å². The Balaban J connectivity index is 1.61. The SMILES string of the molecule is O=C(c1ccn[nH]1)N1CCC[C@@](O)(CNS(=O)(=O)c2ccccc2)CC1. The Kier molecular flexibility index (Phi) is 5.40. The predicted molar refractivity (Wildman–Crippen MR) is 94.9 cm³/mol. The molecule has 3 rings (SSSR count). The Bertz CT molecular complexity index is 839. The van der Waals surface area contributed by atoms with Gasteiger partial charge >= 0.3 is 0 Å². The molecule has 0 radical (unpaired) electrons. The van der Waals surface area contributed by atoms with Crippen molar-refractivity contribution in [2.24, 2.45) is 0 Å². The minimum Gasteiger partial charge on any atom is -0.388 e. The molecule has 2 heterocycles. The number of likely N-dealkylation sites (tertiary alicyclic amines) is 1. The van der Waals surface area contributed by atoms with Crippen molar-refractivity contribution in [2.75, 3.05) is 19.6 Å². The molecule has 0 aliphatic carbocycles. The molecular formula is C17H22N4O4S. The van der Waals surface area contributed by atoms with Gasteiger partial charge in [-0.2, -0.15) is 5.10 Å². The Hall–Kier alpha value is -2.23. The molecule has 1 aliphatic rings. The minimum atomic E-state index is -3.68. The monoisotopic (exact) mass is 378 g/mol. The second kappa shape index (κ2) is 7.56. The van der Waals surface area contributed by atoms with Crippen LogP contribution < -0.4 is 4.72 Å². The summed E-state index contributed by atoms with van der Waals surface area (Å²) in [5.74, 6) is -0.170. The minimum absolute atomic E-state index is 0.0870. The number of carbonyl (C=O) groups is 1. The lowest BCUT2D eigenvalue weighted by molar-refractivity contribution is 0.0304. The number of benzene rings is 1. The molecule has 26 heavy (non-hydrogen) atoms. The molecule has 0 bridgehead atoms. The van der Waals surface area contributed by atoms with E-state index in [2.05, 4.69) is 14.9 Å². The Morgan fingerprint density at radius 3 is 2.69 bits per heavy atom. The first-order chi connectivity index (χ1) is 12.4. The number of aromatic amines is 1. The largest absolute Gasteiger partial charge is 0.388 e. The van der Waals surface area contributed by atoms with Crippen molar-refractivity contribution in [3.8, 4) is 0 Å². The number of hydrogen-bond donors (Lipinski definition) is 3. The number of hydrogen-bond acceptors (Lipinski definition) is 5. The van der Waals surface area contributed by atoms with Crippen LogP contribution >= 0.6 is 0 Å². The smallest absolute Gasteiger partial charge is 0.271 e. The summed E-state index contributed by atoms with van der Waals surface area (Å²) in [4.78, 5) is 14.2. The second-order valence-electron chi connectivity index (χ2n) is 6.48. The summed E-state index contributed by atoms with van der Waals surface area (Å²) >= 11 is 0. The number of nitrogens with one attached hydrogen (secondary N) is 2. The zero-order chi connectivity index (χ0) is 18.6. The number of sulfonamides is 1. The van der Waals surface area contributed by atoms with E-state index in [4.69, 9.17) is 0 Å². The predicted octanol–water partition coefficient (Wildman–Crippen LogP) is 0.745. The van der Waals surface area contributed by atoms with Crippen molar-refractivity contribution in [3.05, 3.63) is 48.3 Å². The molecule has 0 unspecified atom stereocenters. The van der Waals surface area contributed by atoms with Crippen LogP contribution in [-0.2, 0) is 10.0 Å². The van der Waals surface area contributed by atoms with Crippen LogP contribution in [0.4, 0.5) is 0 Å². The lowest BCUT2D eigenvalue weighted by Gasteiger charge is -2.27. The fourth-order valence-corrected chi connectivity index (χ4v) is 4.16. The first-order valence-corrected chi connectivity index (χ1v) is 9.94. The fourth-order valence-electron chi connectivity index (χ4n) is 3.02. The van der Waals surface area contributed by atoms with Crippen LogP contribution in [0.25, 0.3) is 0 Å². The van der Waals surface area contributed by atoms with Gasteiger partial charge < -0.3 is 10.0 Å². The van der Waals surface area contributed by atoms with E-state index in [1.54, 1.807) is 29.2 Å². The topological polar surface area (TPSA) is 115 Å². The molecule has 1 aliphatic heterocycles. The zero-order valence-electron chi connectivity index (χ0n) is 14.3. The van der Waals surface area contributed by atoms with Crippen LogP contribution in [0.15, 0.2) is 47.5 Å². The van der Waals surface area contributed by atoms with E-state index < -0.39 is 15.6 Å². The van der Waals surface area contributed by atoms with Gasteiger partial charge in [0.15, 0.2) is 0 Å². The van der Waals surface area contributed by atoms with Crippen molar-refractivity contribution in [1.29, 1.82) is 0 Å². The van der Waals surface area contributed by atoms with E-state index in [1.165, 1.54) is 18.3 Å². The highest BCUT2D eigenvalue weighted by molar-refractivity contribution is 7.89. The molecule has 140 valence electrons. The first kappa shape index (κ1) is 18.6. The van der Waals surface area contributed by atoms with E-state index in [0.29, 0.717) is 38.0 Å². The molecule has 1 amide bonds. The van der Waals surface area contributed by atoms with E-state index in [9.17, 15) is 18.3 Å². The quantitative estimate of drug-likeness (QED) is 0.710. The molecule has 8 nitrogen and oxygen atoms in total. The van der Waals surface area contributed by atoms with Gasteiger partial charge in [-0.1, -0.05) is 18.2 Å². The molecule has 0 saturated carbocycles. The standard InChI is InChI=1S/C17H22N4O4S/c22-16(15-7-10-18-20-15)21-11-4-8-17(23,9-12-21)13-19-26(24,25)14-5-2-1-3-6-14/h1-3,5-7,10,19,23H,4,8-9,11-13H2,(H,18,20)/t17-/m0/s1. The van der Waals surface area contributed by atoms with E-state index in [1.807, 2.05) is 0 Å². The van der Waals surface area contributed by atoms with E-state index >= 15 is 0 Å². The number of aliphatic hydroxyl groups is 1. The van der Waals surface area contributed by atoms with Crippen LogP contribution in [0.5, 0.6) is 0 Å². The Morgan fingerprint density at radius 1 is 1.23 bits per heavy atom. The summed E-state index contributed by atoms with van der Waals surface area (Å²) in [6.07, 6.45) is 2.81. The normalized spacial score (nSPS) is 21.3. The zero-order valence-corrected chi connectivity index (χ0v) is 15.1. The maximum atomic E-state index is 12.4. The van der Waals surface area contributed by atoms with Gasteiger partial charge in [-0.25, -0.2) is 13.1 Å². The summed E-state index contributed by atoms with van der Waals surface area (Å²) in [6, 6.07) is 9.65. The van der Waals surface area contributed by atoms with Gasteiger partial charge in [-0.3, -0.25) is 9.89 Å². The van der Waals surface area contributed by atoms with Crippen molar-refractivity contribution in [1.82, 2.24) is 19.8 Å². The van der Waals surface area contributed by atoms with Crippen LogP contribution in [-0.4, -0.2) is 59.8 Å². The Labute approximate surface area is 152 Å². The molecule has 1 aromatic carbocycles. The lowest BCUT2D eigenvalue weighted by Crippen LogP contribution is -2.43.